The van der Waals surface area contributed by atoms with E-state index in [0.29, 0.717) is 57.0 Å². The van der Waals surface area contributed by atoms with E-state index in [1.807, 2.05) is 24.3 Å². The summed E-state index contributed by atoms with van der Waals surface area (Å²) in [7, 11) is 6.04. The molecule has 0 saturated carbocycles. The van der Waals surface area contributed by atoms with E-state index in [2.05, 4.69) is 11.8 Å². The number of ether oxygens (including phenoxy) is 4. The molecule has 1 aliphatic carbocycles. The summed E-state index contributed by atoms with van der Waals surface area (Å²) in [5.74, 6) is 6.51. The van der Waals surface area contributed by atoms with Gasteiger partial charge in [0.25, 0.3) is 0 Å². The molecule has 3 rings (SSSR count). The van der Waals surface area contributed by atoms with Crippen molar-refractivity contribution in [3.05, 3.63) is 82.7 Å². The smallest absolute Gasteiger partial charge is 0.193 e. The van der Waals surface area contributed by atoms with Gasteiger partial charge < -0.3 is 18.9 Å². The van der Waals surface area contributed by atoms with Gasteiger partial charge in [-0.3, -0.25) is 0 Å². The van der Waals surface area contributed by atoms with E-state index in [-0.39, 0.29) is 0 Å². The van der Waals surface area contributed by atoms with E-state index in [4.69, 9.17) is 41.8 Å². The Bertz CT molecular complexity index is 1110. The number of hydrogen-bond acceptors (Lipinski definition) is 6. The Morgan fingerprint density at radius 2 is 0.875 bits per heavy atom. The fraction of sp³-hybridized carbons (Fsp3) is 0.154. The molecule has 6 heteroatoms. The number of rotatable bonds is 6. The second-order valence-corrected chi connectivity index (χ2v) is 6.38. The van der Waals surface area contributed by atoms with Crippen LogP contribution in [0.2, 0.25) is 0 Å². The van der Waals surface area contributed by atoms with E-state index in [1.54, 1.807) is 24.3 Å². The summed E-state index contributed by atoms with van der Waals surface area (Å²) in [6.45, 7) is 0. The molecule has 0 aliphatic heterocycles. The maximum absolute atomic E-state index is 5.68. The molecule has 0 radical (unpaired) electrons. The standard InChI is InChI=1S/C26H22N2O4/c1-7-17-13-9-11-15-19(17)27-21-23(29-3)25(31-5)22(26(32-6)24(21)30-4)28-20-16-12-10-14-18(20)8-2/h1-2,9-16H,3-6H3. The van der Waals surface area contributed by atoms with Crippen molar-refractivity contribution < 1.29 is 18.9 Å². The average Bonchev–Trinajstić information content (AvgIpc) is 2.84. The van der Waals surface area contributed by atoms with E-state index in [9.17, 15) is 0 Å². The summed E-state index contributed by atoms with van der Waals surface area (Å²) < 4.78 is 22.7. The predicted octanol–water partition coefficient (Wildman–Crippen LogP) is 4.52. The third-order valence-corrected chi connectivity index (χ3v) is 4.67. The highest BCUT2D eigenvalue weighted by molar-refractivity contribution is 6.26. The number of aliphatic imine (C=N–C) groups is 2. The quantitative estimate of drug-likeness (QED) is 0.503. The molecule has 0 N–H and O–H groups in total. The minimum Gasteiger partial charge on any atom is -0.491 e. The monoisotopic (exact) mass is 426 g/mol. The van der Waals surface area contributed by atoms with Crippen LogP contribution >= 0.6 is 0 Å². The Labute approximate surface area is 187 Å². The van der Waals surface area contributed by atoms with Gasteiger partial charge in [0.1, 0.15) is 0 Å². The van der Waals surface area contributed by atoms with Crippen LogP contribution in [0, 0.1) is 24.7 Å². The second kappa shape index (κ2) is 10.1. The van der Waals surface area contributed by atoms with Crippen molar-refractivity contribution in [3.63, 3.8) is 0 Å². The summed E-state index contributed by atoms with van der Waals surface area (Å²) in [6, 6.07) is 14.6. The lowest BCUT2D eigenvalue weighted by Gasteiger charge is -2.25. The van der Waals surface area contributed by atoms with Crippen molar-refractivity contribution in [2.75, 3.05) is 28.4 Å². The molecule has 2 aromatic rings. The molecule has 2 aromatic carbocycles. The minimum atomic E-state index is 0.314. The normalized spacial score (nSPS) is 13.2. The van der Waals surface area contributed by atoms with Crippen LogP contribution in [0.25, 0.3) is 0 Å². The second-order valence-electron chi connectivity index (χ2n) is 6.38. The van der Waals surface area contributed by atoms with Crippen LogP contribution in [0.4, 0.5) is 11.4 Å². The Kier molecular flexibility index (Phi) is 7.00. The topological polar surface area (TPSA) is 61.6 Å². The number of methoxy groups -OCH3 is 4. The number of benzene rings is 2. The number of para-hydroxylation sites is 2. The van der Waals surface area contributed by atoms with Crippen molar-refractivity contribution in [1.29, 1.82) is 0 Å². The molecule has 160 valence electrons. The fourth-order valence-corrected chi connectivity index (χ4v) is 3.22. The summed E-state index contributed by atoms with van der Waals surface area (Å²) >= 11 is 0. The lowest BCUT2D eigenvalue weighted by atomic mass is 10.0. The Morgan fingerprint density at radius 3 is 1.16 bits per heavy atom. The highest BCUT2D eigenvalue weighted by atomic mass is 16.5. The molecule has 0 heterocycles. The number of nitrogens with zero attached hydrogens (tertiary/aromatic N) is 2. The molecule has 0 atom stereocenters. The average molecular weight is 426 g/mol. The molecular weight excluding hydrogens is 404 g/mol. The van der Waals surface area contributed by atoms with Crippen molar-refractivity contribution in [3.8, 4) is 24.7 Å². The Morgan fingerprint density at radius 1 is 0.562 bits per heavy atom. The summed E-state index contributed by atoms with van der Waals surface area (Å²) in [4.78, 5) is 9.45. The van der Waals surface area contributed by atoms with E-state index in [0.717, 1.165) is 0 Å². The zero-order chi connectivity index (χ0) is 23.1. The molecule has 0 unspecified atom stereocenters. The summed E-state index contributed by atoms with van der Waals surface area (Å²) in [5.41, 5.74) is 3.08. The Hall–Kier alpha value is -4.42. The van der Waals surface area contributed by atoms with Gasteiger partial charge >= 0.3 is 0 Å². The molecule has 32 heavy (non-hydrogen) atoms. The van der Waals surface area contributed by atoms with Crippen LogP contribution in [0.5, 0.6) is 0 Å². The lowest BCUT2D eigenvalue weighted by molar-refractivity contribution is 0.223. The van der Waals surface area contributed by atoms with Gasteiger partial charge in [0.15, 0.2) is 34.5 Å². The van der Waals surface area contributed by atoms with Crippen LogP contribution in [0.15, 0.2) is 81.6 Å². The van der Waals surface area contributed by atoms with Crippen molar-refractivity contribution in [1.82, 2.24) is 0 Å². The number of terminal acetylenes is 2. The van der Waals surface area contributed by atoms with Crippen molar-refractivity contribution in [2.45, 2.75) is 0 Å². The van der Waals surface area contributed by atoms with Gasteiger partial charge in [-0.2, -0.15) is 0 Å². The number of hydrogen-bond donors (Lipinski definition) is 0. The highest BCUT2D eigenvalue weighted by Gasteiger charge is 2.36. The molecule has 0 saturated heterocycles. The van der Waals surface area contributed by atoms with Crippen LogP contribution in [0.1, 0.15) is 11.1 Å². The predicted molar refractivity (Wildman–Crippen MR) is 125 cm³/mol. The van der Waals surface area contributed by atoms with Crippen LogP contribution in [-0.2, 0) is 18.9 Å². The fourth-order valence-electron chi connectivity index (χ4n) is 3.22. The Balaban J connectivity index is 2.34. The molecule has 0 amide bonds. The maximum Gasteiger partial charge on any atom is 0.193 e. The molecular formula is C26H22N2O4. The maximum atomic E-state index is 5.68. The van der Waals surface area contributed by atoms with Gasteiger partial charge in [-0.05, 0) is 24.3 Å². The minimum absolute atomic E-state index is 0.314. The van der Waals surface area contributed by atoms with E-state index in [1.165, 1.54) is 28.4 Å². The van der Waals surface area contributed by atoms with Crippen LogP contribution in [0.3, 0.4) is 0 Å². The van der Waals surface area contributed by atoms with Gasteiger partial charge in [0, 0.05) is 11.1 Å². The highest BCUT2D eigenvalue weighted by Crippen LogP contribution is 2.33. The van der Waals surface area contributed by atoms with E-state index < -0.39 is 0 Å². The zero-order valence-electron chi connectivity index (χ0n) is 18.3. The third-order valence-electron chi connectivity index (χ3n) is 4.67. The molecule has 0 aromatic heterocycles. The molecule has 0 bridgehead atoms. The van der Waals surface area contributed by atoms with Crippen molar-refractivity contribution in [2.24, 2.45) is 9.98 Å². The zero-order valence-corrected chi connectivity index (χ0v) is 18.3. The van der Waals surface area contributed by atoms with Gasteiger partial charge in [-0.25, -0.2) is 9.98 Å². The van der Waals surface area contributed by atoms with Gasteiger partial charge in [-0.15, -0.1) is 12.8 Å². The molecule has 0 spiro atoms. The largest absolute Gasteiger partial charge is 0.491 e. The van der Waals surface area contributed by atoms with Gasteiger partial charge in [-0.1, -0.05) is 36.1 Å². The van der Waals surface area contributed by atoms with Crippen molar-refractivity contribution >= 4 is 22.8 Å². The van der Waals surface area contributed by atoms with E-state index >= 15 is 0 Å². The van der Waals surface area contributed by atoms with Crippen LogP contribution in [-0.4, -0.2) is 39.9 Å². The van der Waals surface area contributed by atoms with Gasteiger partial charge in [0.2, 0.25) is 0 Å². The first-order valence-electron chi connectivity index (χ1n) is 9.58. The lowest BCUT2D eigenvalue weighted by Crippen LogP contribution is -2.28. The summed E-state index contributed by atoms with van der Waals surface area (Å²) in [5, 5.41) is 0. The first-order chi connectivity index (χ1) is 15.6. The SMILES string of the molecule is C#Cc1ccccc1N=C1C(OC)=C(OC)C(=Nc2ccccc2C#C)C(OC)=C1OC. The first-order valence-corrected chi connectivity index (χ1v) is 9.58. The molecule has 1 aliphatic rings. The third kappa shape index (κ3) is 4.08. The summed E-state index contributed by atoms with van der Waals surface area (Å²) in [6.07, 6.45) is 11.3. The van der Waals surface area contributed by atoms with Gasteiger partial charge in [0.05, 0.1) is 39.8 Å². The molecule has 6 nitrogen and oxygen atoms in total. The van der Waals surface area contributed by atoms with Crippen LogP contribution < -0.4 is 0 Å². The first kappa shape index (κ1) is 22.3. The molecule has 0 fully saturated rings.